The van der Waals surface area contributed by atoms with Crippen LogP contribution in [0, 0.1) is 0 Å². The highest BCUT2D eigenvalue weighted by atomic mass is 16.3. The summed E-state index contributed by atoms with van der Waals surface area (Å²) in [7, 11) is 0. The Morgan fingerprint density at radius 1 is 1.24 bits per heavy atom. The molecule has 2 aromatic rings. The lowest BCUT2D eigenvalue weighted by molar-refractivity contribution is 0.143. The number of urea groups is 1. The molecule has 0 aliphatic carbocycles. The van der Waals surface area contributed by atoms with Crippen LogP contribution in [0.5, 0.6) is 0 Å². The molecule has 0 aromatic carbocycles. The summed E-state index contributed by atoms with van der Waals surface area (Å²) in [6, 6.07) is 9.32. The zero-order valence-corrected chi connectivity index (χ0v) is 14.6. The molecule has 0 spiro atoms. The quantitative estimate of drug-likeness (QED) is 0.845. The Labute approximate surface area is 148 Å². The van der Waals surface area contributed by atoms with Crippen molar-refractivity contribution >= 4 is 6.03 Å². The van der Waals surface area contributed by atoms with E-state index in [2.05, 4.69) is 20.5 Å². The van der Waals surface area contributed by atoms with E-state index >= 15 is 0 Å². The lowest BCUT2D eigenvalue weighted by Gasteiger charge is -2.33. The molecule has 6 heteroatoms. The van der Waals surface area contributed by atoms with Gasteiger partial charge in [-0.15, -0.1) is 0 Å². The first-order valence-electron chi connectivity index (χ1n) is 8.97. The number of furan rings is 1. The van der Waals surface area contributed by atoms with Crippen LogP contribution in [0.1, 0.15) is 49.7 Å². The Balaban J connectivity index is 1.56. The summed E-state index contributed by atoms with van der Waals surface area (Å²) in [6.07, 6.45) is 7.08. The van der Waals surface area contributed by atoms with Crippen LogP contribution >= 0.6 is 0 Å². The van der Waals surface area contributed by atoms with Crippen LogP contribution in [-0.4, -0.2) is 35.5 Å². The molecule has 0 bridgehead atoms. The van der Waals surface area contributed by atoms with E-state index in [-0.39, 0.29) is 18.1 Å². The predicted octanol–water partition coefficient (Wildman–Crippen LogP) is 3.26. The molecule has 2 amide bonds. The largest absolute Gasteiger partial charge is 0.468 e. The second-order valence-corrected chi connectivity index (χ2v) is 6.46. The average molecular weight is 342 g/mol. The molecule has 1 aliphatic rings. The van der Waals surface area contributed by atoms with Gasteiger partial charge in [0, 0.05) is 12.7 Å². The van der Waals surface area contributed by atoms with Gasteiger partial charge < -0.3 is 15.1 Å². The first kappa shape index (κ1) is 17.5. The van der Waals surface area contributed by atoms with Crippen molar-refractivity contribution in [3.05, 3.63) is 54.2 Å². The van der Waals surface area contributed by atoms with Gasteiger partial charge in [0.05, 0.1) is 24.0 Å². The minimum atomic E-state index is -0.188. The lowest BCUT2D eigenvalue weighted by atomic mass is 10.1. The molecule has 1 aliphatic heterocycles. The smallest absolute Gasteiger partial charge is 0.315 e. The number of nitrogens with zero attached hydrogens (tertiary/aromatic N) is 2. The van der Waals surface area contributed by atoms with E-state index in [0.29, 0.717) is 6.54 Å². The maximum atomic E-state index is 12.3. The van der Waals surface area contributed by atoms with Crippen LogP contribution in [0.3, 0.4) is 0 Å². The zero-order valence-electron chi connectivity index (χ0n) is 14.6. The third kappa shape index (κ3) is 4.82. The Hall–Kier alpha value is -2.34. The van der Waals surface area contributed by atoms with Crippen LogP contribution in [-0.2, 0) is 0 Å². The van der Waals surface area contributed by atoms with Crippen LogP contribution in [0.2, 0.25) is 0 Å². The molecule has 6 nitrogen and oxygen atoms in total. The number of carbonyl (C=O) groups excluding carboxylic acids is 1. The molecule has 134 valence electrons. The number of carbonyl (C=O) groups is 1. The molecule has 1 fully saturated rings. The van der Waals surface area contributed by atoms with E-state index in [1.54, 1.807) is 12.5 Å². The molecule has 0 saturated carbocycles. The number of aromatic nitrogens is 1. The van der Waals surface area contributed by atoms with Gasteiger partial charge in [0.25, 0.3) is 0 Å². The number of hydrogen-bond acceptors (Lipinski definition) is 4. The Morgan fingerprint density at radius 2 is 2.08 bits per heavy atom. The number of pyridine rings is 1. The fraction of sp³-hybridized carbons (Fsp3) is 0.474. The van der Waals surface area contributed by atoms with E-state index in [1.165, 1.54) is 19.3 Å². The van der Waals surface area contributed by atoms with Gasteiger partial charge >= 0.3 is 6.03 Å². The summed E-state index contributed by atoms with van der Waals surface area (Å²) in [6.45, 7) is 4.53. The van der Waals surface area contributed by atoms with Gasteiger partial charge in [-0.2, -0.15) is 0 Å². The third-order valence-electron chi connectivity index (χ3n) is 4.64. The third-order valence-corrected chi connectivity index (χ3v) is 4.64. The Kier molecular flexibility index (Phi) is 6.06. The first-order valence-corrected chi connectivity index (χ1v) is 8.97. The van der Waals surface area contributed by atoms with Gasteiger partial charge in [0.2, 0.25) is 0 Å². The molecule has 0 unspecified atom stereocenters. The number of piperidine rings is 1. The van der Waals surface area contributed by atoms with Crippen molar-refractivity contribution in [1.82, 2.24) is 20.5 Å². The summed E-state index contributed by atoms with van der Waals surface area (Å²) >= 11 is 0. The van der Waals surface area contributed by atoms with Crippen LogP contribution in [0.4, 0.5) is 4.79 Å². The summed E-state index contributed by atoms with van der Waals surface area (Å²) in [4.78, 5) is 19.0. The minimum Gasteiger partial charge on any atom is -0.468 e. The molecule has 25 heavy (non-hydrogen) atoms. The number of amides is 2. The van der Waals surface area contributed by atoms with Crippen molar-refractivity contribution in [3.63, 3.8) is 0 Å². The number of nitrogens with one attached hydrogen (secondary N) is 2. The van der Waals surface area contributed by atoms with E-state index in [0.717, 1.165) is 24.5 Å². The summed E-state index contributed by atoms with van der Waals surface area (Å²) < 4.78 is 5.61. The average Bonchev–Trinajstić information content (AvgIpc) is 3.18. The predicted molar refractivity (Wildman–Crippen MR) is 96.1 cm³/mol. The highest BCUT2D eigenvalue weighted by Gasteiger charge is 2.25. The second kappa shape index (κ2) is 8.67. The lowest BCUT2D eigenvalue weighted by Crippen LogP contribution is -2.44. The van der Waals surface area contributed by atoms with Crippen molar-refractivity contribution in [2.24, 2.45) is 0 Å². The van der Waals surface area contributed by atoms with Gasteiger partial charge in [-0.25, -0.2) is 4.79 Å². The number of rotatable bonds is 6. The van der Waals surface area contributed by atoms with Crippen LogP contribution in [0.25, 0.3) is 0 Å². The van der Waals surface area contributed by atoms with E-state index in [4.69, 9.17) is 4.42 Å². The van der Waals surface area contributed by atoms with E-state index < -0.39 is 0 Å². The van der Waals surface area contributed by atoms with Crippen molar-refractivity contribution in [2.75, 3.05) is 19.6 Å². The maximum absolute atomic E-state index is 12.3. The summed E-state index contributed by atoms with van der Waals surface area (Å²) in [5.74, 6) is 0.903. The maximum Gasteiger partial charge on any atom is 0.315 e. The van der Waals surface area contributed by atoms with Gasteiger partial charge in [-0.1, -0.05) is 12.5 Å². The van der Waals surface area contributed by atoms with Crippen molar-refractivity contribution in [1.29, 1.82) is 0 Å². The number of likely N-dealkylation sites (tertiary alicyclic amines) is 1. The second-order valence-electron chi connectivity index (χ2n) is 6.46. The molecular formula is C19H26N4O2. The SMILES string of the molecule is C[C@H](NC(=O)NC[C@H](c1ccco1)N1CCCCC1)c1ccccn1. The zero-order chi connectivity index (χ0) is 17.5. The molecule has 2 aromatic heterocycles. The van der Waals surface area contributed by atoms with Gasteiger partial charge in [-0.05, 0) is 57.1 Å². The highest BCUT2D eigenvalue weighted by Crippen LogP contribution is 2.24. The summed E-state index contributed by atoms with van der Waals surface area (Å²) in [5.41, 5.74) is 0.844. The molecule has 2 N–H and O–H groups in total. The van der Waals surface area contributed by atoms with Crippen molar-refractivity contribution in [2.45, 2.75) is 38.3 Å². The minimum absolute atomic E-state index is 0.0752. The highest BCUT2D eigenvalue weighted by molar-refractivity contribution is 5.74. The fourth-order valence-corrected chi connectivity index (χ4v) is 3.26. The van der Waals surface area contributed by atoms with Crippen molar-refractivity contribution in [3.8, 4) is 0 Å². The Morgan fingerprint density at radius 3 is 2.76 bits per heavy atom. The van der Waals surface area contributed by atoms with Gasteiger partial charge in [0.1, 0.15) is 5.76 Å². The normalized spacial score (nSPS) is 17.6. The van der Waals surface area contributed by atoms with E-state index in [9.17, 15) is 4.79 Å². The molecule has 2 atom stereocenters. The standard InChI is InChI=1S/C19H26N4O2/c1-15(16-8-3-4-10-20-16)22-19(24)21-14-17(18-9-7-13-25-18)23-11-5-2-6-12-23/h3-4,7-10,13,15,17H,2,5-6,11-12,14H2,1H3,(H2,21,22,24)/t15-,17+/m0/s1. The summed E-state index contributed by atoms with van der Waals surface area (Å²) in [5, 5.41) is 5.93. The molecular weight excluding hydrogens is 316 g/mol. The first-order chi connectivity index (χ1) is 12.2. The van der Waals surface area contributed by atoms with E-state index in [1.807, 2.05) is 37.3 Å². The monoisotopic (exact) mass is 342 g/mol. The molecule has 1 saturated heterocycles. The number of hydrogen-bond donors (Lipinski definition) is 2. The van der Waals surface area contributed by atoms with Crippen molar-refractivity contribution < 1.29 is 9.21 Å². The van der Waals surface area contributed by atoms with Gasteiger partial charge in [0.15, 0.2) is 0 Å². The van der Waals surface area contributed by atoms with Crippen LogP contribution in [0.15, 0.2) is 47.2 Å². The fourth-order valence-electron chi connectivity index (χ4n) is 3.26. The van der Waals surface area contributed by atoms with Crippen LogP contribution < -0.4 is 10.6 Å². The Bertz CT molecular complexity index is 639. The molecule has 3 heterocycles. The van der Waals surface area contributed by atoms with Gasteiger partial charge in [-0.3, -0.25) is 9.88 Å². The molecule has 0 radical (unpaired) electrons. The topological polar surface area (TPSA) is 70.4 Å². The molecule has 3 rings (SSSR count).